The first-order chi connectivity index (χ1) is 10.0. The monoisotopic (exact) mass is 312 g/mol. The van der Waals surface area contributed by atoms with Crippen molar-refractivity contribution >= 4 is 23.2 Å². The molecule has 21 heavy (non-hydrogen) atoms. The Morgan fingerprint density at radius 1 is 1.38 bits per heavy atom. The number of rotatable bonds is 8. The van der Waals surface area contributed by atoms with Crippen LogP contribution in [0.2, 0.25) is 0 Å². The zero-order chi connectivity index (χ0) is 15.7. The predicted molar refractivity (Wildman–Crippen MR) is 84.1 cm³/mol. The van der Waals surface area contributed by atoms with E-state index in [9.17, 15) is 9.59 Å². The average Bonchev–Trinajstić information content (AvgIpc) is 2.88. The largest absolute Gasteiger partial charge is 0.347 e. The summed E-state index contributed by atoms with van der Waals surface area (Å²) in [6, 6.07) is 0. The van der Waals surface area contributed by atoms with Crippen LogP contribution in [0.1, 0.15) is 29.1 Å². The minimum absolute atomic E-state index is 0.452. The number of unbranched alkanes of at least 4 members (excludes halogenated alkanes) is 2. The molecule has 2 amide bonds. The molecule has 0 aromatic carbocycles. The predicted octanol–water partition coefficient (Wildman–Crippen LogP) is 0.698. The van der Waals surface area contributed by atoms with Crippen molar-refractivity contribution in [3.05, 3.63) is 16.1 Å². The fourth-order valence-corrected chi connectivity index (χ4v) is 2.64. The second-order valence-corrected chi connectivity index (χ2v) is 6.25. The first-order valence-corrected chi connectivity index (χ1v) is 8.01. The van der Waals surface area contributed by atoms with Gasteiger partial charge in [0.25, 0.3) is 0 Å². The van der Waals surface area contributed by atoms with E-state index in [1.165, 1.54) is 4.90 Å². The quantitative estimate of drug-likeness (QED) is 0.546. The lowest BCUT2D eigenvalue weighted by Gasteiger charge is -2.16. The smallest absolute Gasteiger partial charge is 0.311 e. The maximum atomic E-state index is 11.8. The molecule has 0 saturated carbocycles. The molecule has 0 fully saturated rings. The number of aryl methyl sites for hydroxylation is 1. The number of aromatic nitrogens is 1. The van der Waals surface area contributed by atoms with E-state index in [1.54, 1.807) is 24.6 Å². The molecule has 1 aromatic rings. The van der Waals surface area contributed by atoms with Gasteiger partial charge >= 0.3 is 11.8 Å². The third-order valence-electron chi connectivity index (χ3n) is 3.06. The van der Waals surface area contributed by atoms with Gasteiger partial charge in [-0.1, -0.05) is 6.42 Å². The molecule has 7 heteroatoms. The highest BCUT2D eigenvalue weighted by Crippen LogP contribution is 2.11. The molecule has 0 atom stereocenters. The van der Waals surface area contributed by atoms with E-state index >= 15 is 0 Å². The van der Waals surface area contributed by atoms with Crippen LogP contribution in [0, 0.1) is 6.92 Å². The molecular formula is C14H24N4O2S. The number of hydrogen-bond donors (Lipinski definition) is 2. The third-order valence-corrected chi connectivity index (χ3v) is 4.04. The van der Waals surface area contributed by atoms with Crippen LogP contribution in [0.15, 0.2) is 6.20 Å². The van der Waals surface area contributed by atoms with Crippen molar-refractivity contribution in [3.63, 3.8) is 0 Å². The number of nitrogens with two attached hydrogens (primary N) is 1. The highest BCUT2D eigenvalue weighted by atomic mass is 32.1. The molecule has 3 N–H and O–H groups in total. The van der Waals surface area contributed by atoms with Crippen molar-refractivity contribution in [1.82, 2.24) is 15.2 Å². The summed E-state index contributed by atoms with van der Waals surface area (Å²) in [5.41, 5.74) is 5.41. The standard InChI is InChI=1S/C14H24N4O2S/c1-11-17-10-12(21-11)6-8-16-13(19)14(20)18(2)9-5-3-4-7-15/h10H,3-9,15H2,1-2H3,(H,16,19). The van der Waals surface area contributed by atoms with E-state index in [-0.39, 0.29) is 0 Å². The van der Waals surface area contributed by atoms with Crippen LogP contribution in [-0.2, 0) is 16.0 Å². The Morgan fingerprint density at radius 2 is 2.14 bits per heavy atom. The van der Waals surface area contributed by atoms with E-state index in [0.29, 0.717) is 26.1 Å². The van der Waals surface area contributed by atoms with Gasteiger partial charge in [-0.3, -0.25) is 9.59 Å². The minimum Gasteiger partial charge on any atom is -0.347 e. The second kappa shape index (κ2) is 9.46. The number of carbonyl (C=O) groups excluding carboxylic acids is 2. The molecule has 1 aromatic heterocycles. The molecule has 6 nitrogen and oxygen atoms in total. The first kappa shape index (κ1) is 17.6. The van der Waals surface area contributed by atoms with Crippen LogP contribution in [0.4, 0.5) is 0 Å². The molecule has 1 heterocycles. The number of amides is 2. The Bertz CT molecular complexity index is 462. The zero-order valence-corrected chi connectivity index (χ0v) is 13.5. The molecule has 0 radical (unpaired) electrons. The van der Waals surface area contributed by atoms with Crippen molar-refractivity contribution < 1.29 is 9.59 Å². The summed E-state index contributed by atoms with van der Waals surface area (Å²) in [6.07, 6.45) is 5.29. The molecule has 0 aliphatic rings. The van der Waals surface area contributed by atoms with Crippen LogP contribution in [0.3, 0.4) is 0 Å². The summed E-state index contributed by atoms with van der Waals surface area (Å²) in [7, 11) is 1.65. The number of thiazole rings is 1. The lowest BCUT2D eigenvalue weighted by molar-refractivity contribution is -0.145. The Morgan fingerprint density at radius 3 is 2.76 bits per heavy atom. The normalized spacial score (nSPS) is 10.4. The molecule has 0 spiro atoms. The molecule has 1 rings (SSSR count). The van der Waals surface area contributed by atoms with Crippen molar-refractivity contribution in [2.75, 3.05) is 26.7 Å². The summed E-state index contributed by atoms with van der Waals surface area (Å²) in [6.45, 7) is 3.64. The molecule has 118 valence electrons. The highest BCUT2D eigenvalue weighted by molar-refractivity contribution is 7.11. The van der Waals surface area contributed by atoms with E-state index < -0.39 is 11.8 Å². The van der Waals surface area contributed by atoms with Gasteiger partial charge in [-0.05, 0) is 26.3 Å². The topological polar surface area (TPSA) is 88.3 Å². The van der Waals surface area contributed by atoms with Gasteiger partial charge in [-0.15, -0.1) is 11.3 Å². The molecule has 0 unspecified atom stereocenters. The van der Waals surface area contributed by atoms with E-state index in [1.807, 2.05) is 6.92 Å². The molecule has 0 saturated heterocycles. The van der Waals surface area contributed by atoms with Gasteiger partial charge in [-0.2, -0.15) is 0 Å². The second-order valence-electron chi connectivity index (χ2n) is 4.93. The minimum atomic E-state index is -0.544. The Labute approximate surface area is 129 Å². The summed E-state index contributed by atoms with van der Waals surface area (Å²) in [5, 5.41) is 3.66. The van der Waals surface area contributed by atoms with Gasteiger partial charge in [0.2, 0.25) is 0 Å². The summed E-state index contributed by atoms with van der Waals surface area (Å²) in [5.74, 6) is -1.03. The zero-order valence-electron chi connectivity index (χ0n) is 12.7. The molecular weight excluding hydrogens is 288 g/mol. The lowest BCUT2D eigenvalue weighted by Crippen LogP contribution is -2.42. The SMILES string of the molecule is Cc1ncc(CCNC(=O)C(=O)N(C)CCCCCN)s1. The van der Waals surface area contributed by atoms with Gasteiger partial charge in [-0.25, -0.2) is 4.98 Å². The van der Waals surface area contributed by atoms with Gasteiger partial charge in [0.15, 0.2) is 0 Å². The van der Waals surface area contributed by atoms with Gasteiger partial charge in [0.1, 0.15) is 0 Å². The summed E-state index contributed by atoms with van der Waals surface area (Å²) in [4.78, 5) is 30.3. The highest BCUT2D eigenvalue weighted by Gasteiger charge is 2.17. The first-order valence-electron chi connectivity index (χ1n) is 7.19. The molecule has 0 aliphatic heterocycles. The van der Waals surface area contributed by atoms with E-state index in [4.69, 9.17) is 5.73 Å². The van der Waals surface area contributed by atoms with Crippen molar-refractivity contribution in [3.8, 4) is 0 Å². The van der Waals surface area contributed by atoms with Gasteiger partial charge < -0.3 is 16.0 Å². The van der Waals surface area contributed by atoms with E-state index in [0.717, 1.165) is 29.1 Å². The lowest BCUT2D eigenvalue weighted by atomic mass is 10.2. The summed E-state index contributed by atoms with van der Waals surface area (Å²) >= 11 is 1.60. The number of likely N-dealkylation sites (N-methyl/N-ethyl adjacent to an activating group) is 1. The van der Waals surface area contributed by atoms with Gasteiger partial charge in [0.05, 0.1) is 5.01 Å². The van der Waals surface area contributed by atoms with Crippen LogP contribution < -0.4 is 11.1 Å². The van der Waals surface area contributed by atoms with Gasteiger partial charge in [0, 0.05) is 37.6 Å². The van der Waals surface area contributed by atoms with Crippen LogP contribution in [0.25, 0.3) is 0 Å². The Hall–Kier alpha value is -1.47. The third kappa shape index (κ3) is 6.68. The fourth-order valence-electron chi connectivity index (χ4n) is 1.84. The Balaban J connectivity index is 2.22. The fraction of sp³-hybridized carbons (Fsp3) is 0.643. The van der Waals surface area contributed by atoms with Crippen LogP contribution in [0.5, 0.6) is 0 Å². The van der Waals surface area contributed by atoms with Crippen LogP contribution in [-0.4, -0.2) is 48.4 Å². The maximum absolute atomic E-state index is 11.8. The number of nitrogens with one attached hydrogen (secondary N) is 1. The molecule has 0 aliphatic carbocycles. The van der Waals surface area contributed by atoms with Crippen LogP contribution >= 0.6 is 11.3 Å². The molecule has 0 bridgehead atoms. The number of carbonyl (C=O) groups is 2. The van der Waals surface area contributed by atoms with Crippen molar-refractivity contribution in [1.29, 1.82) is 0 Å². The average molecular weight is 312 g/mol. The van der Waals surface area contributed by atoms with E-state index in [2.05, 4.69) is 10.3 Å². The van der Waals surface area contributed by atoms with Crippen molar-refractivity contribution in [2.45, 2.75) is 32.6 Å². The maximum Gasteiger partial charge on any atom is 0.311 e. The summed E-state index contributed by atoms with van der Waals surface area (Å²) < 4.78 is 0. The Kier molecular flexibility index (Phi) is 7.92. The van der Waals surface area contributed by atoms with Crippen molar-refractivity contribution in [2.24, 2.45) is 5.73 Å². The number of hydrogen-bond acceptors (Lipinski definition) is 5. The number of nitrogens with zero attached hydrogens (tertiary/aromatic N) is 2.